The van der Waals surface area contributed by atoms with Crippen molar-refractivity contribution in [2.75, 3.05) is 0 Å². The summed E-state index contributed by atoms with van der Waals surface area (Å²) in [7, 11) is 0. The van der Waals surface area contributed by atoms with E-state index in [1.54, 1.807) is 6.33 Å². The molecule has 0 aliphatic carbocycles. The summed E-state index contributed by atoms with van der Waals surface area (Å²) in [6, 6.07) is 16.9. The molecule has 0 radical (unpaired) electrons. The Hall–Kier alpha value is -2.48. The van der Waals surface area contributed by atoms with Crippen LogP contribution in [0.3, 0.4) is 0 Å². The van der Waals surface area contributed by atoms with Crippen molar-refractivity contribution in [3.05, 3.63) is 60.6 Å². The van der Waals surface area contributed by atoms with Gasteiger partial charge in [-0.15, -0.1) is 0 Å². The molecule has 2 heteroatoms. The molecule has 0 unspecified atom stereocenters. The molecule has 0 saturated heterocycles. The van der Waals surface area contributed by atoms with Gasteiger partial charge in [-0.3, -0.25) is 0 Å². The zero-order valence-corrected chi connectivity index (χ0v) is 10.6. The monoisotopic (exact) mass is 244 g/mol. The van der Waals surface area contributed by atoms with Crippen LogP contribution in [-0.2, 0) is 0 Å². The molecule has 0 spiro atoms. The highest BCUT2D eigenvalue weighted by Gasteiger charge is 2.10. The molecular formula is C17H12N2. The van der Waals surface area contributed by atoms with Gasteiger partial charge in [0.15, 0.2) is 0 Å². The maximum absolute atomic E-state index is 4.51. The van der Waals surface area contributed by atoms with Crippen molar-refractivity contribution in [1.29, 1.82) is 0 Å². The van der Waals surface area contributed by atoms with Crippen molar-refractivity contribution in [3.63, 3.8) is 0 Å². The average Bonchev–Trinajstić information content (AvgIpc) is 2.47. The highest BCUT2D eigenvalue weighted by Crippen LogP contribution is 2.34. The minimum Gasteiger partial charge on any atom is -0.241 e. The second-order valence-corrected chi connectivity index (χ2v) is 4.77. The van der Waals surface area contributed by atoms with Gasteiger partial charge in [-0.25, -0.2) is 9.97 Å². The zero-order valence-electron chi connectivity index (χ0n) is 10.6. The molecule has 0 N–H and O–H groups in total. The van der Waals surface area contributed by atoms with Crippen LogP contribution in [0.5, 0.6) is 0 Å². The summed E-state index contributed by atoms with van der Waals surface area (Å²) in [6.45, 7) is 2.05. The van der Waals surface area contributed by atoms with Gasteiger partial charge < -0.3 is 0 Å². The maximum Gasteiger partial charge on any atom is 0.116 e. The Bertz CT molecular complexity index is 881. The fourth-order valence-electron chi connectivity index (χ4n) is 2.86. The summed E-state index contributed by atoms with van der Waals surface area (Å²) < 4.78 is 0. The Balaban J connectivity index is 2.48. The van der Waals surface area contributed by atoms with Crippen molar-refractivity contribution in [1.82, 2.24) is 9.97 Å². The molecule has 1 aromatic heterocycles. The van der Waals surface area contributed by atoms with Gasteiger partial charge in [-0.05, 0) is 23.1 Å². The minimum atomic E-state index is 1.03. The largest absolute Gasteiger partial charge is 0.241 e. The lowest BCUT2D eigenvalue weighted by Gasteiger charge is -2.10. The van der Waals surface area contributed by atoms with E-state index in [1.165, 1.54) is 21.5 Å². The second-order valence-electron chi connectivity index (χ2n) is 4.77. The van der Waals surface area contributed by atoms with Gasteiger partial charge in [0.25, 0.3) is 0 Å². The van der Waals surface area contributed by atoms with Crippen molar-refractivity contribution in [2.24, 2.45) is 0 Å². The number of hydrogen-bond donors (Lipinski definition) is 0. The van der Waals surface area contributed by atoms with Crippen LogP contribution in [-0.4, -0.2) is 9.97 Å². The minimum absolute atomic E-state index is 1.03. The van der Waals surface area contributed by atoms with E-state index >= 15 is 0 Å². The normalized spacial score (nSPS) is 11.4. The zero-order chi connectivity index (χ0) is 12.8. The predicted molar refractivity (Wildman–Crippen MR) is 79.3 cm³/mol. The first kappa shape index (κ1) is 10.4. The van der Waals surface area contributed by atoms with Gasteiger partial charge in [-0.2, -0.15) is 0 Å². The van der Waals surface area contributed by atoms with Crippen LogP contribution in [0.25, 0.3) is 32.4 Å². The van der Waals surface area contributed by atoms with E-state index in [4.69, 9.17) is 0 Å². The van der Waals surface area contributed by atoms with Crippen molar-refractivity contribution >= 4 is 32.4 Å². The number of aryl methyl sites for hydroxylation is 1. The highest BCUT2D eigenvalue weighted by molar-refractivity contribution is 6.24. The molecule has 1 heterocycles. The van der Waals surface area contributed by atoms with E-state index in [0.29, 0.717) is 0 Å². The number of fused-ring (bicyclic) bond motifs is 6. The molecular weight excluding hydrogens is 232 g/mol. The Morgan fingerprint density at radius 1 is 0.684 bits per heavy atom. The van der Waals surface area contributed by atoms with Gasteiger partial charge in [0.1, 0.15) is 6.33 Å². The fraction of sp³-hybridized carbons (Fsp3) is 0.0588. The third-order valence-electron chi connectivity index (χ3n) is 3.71. The SMILES string of the molecule is Cc1ncnc2c3ccccc3c3ccccc3c12. The molecule has 90 valence electrons. The summed E-state index contributed by atoms with van der Waals surface area (Å²) in [5, 5.41) is 6.11. The van der Waals surface area contributed by atoms with Gasteiger partial charge in [0.05, 0.1) is 5.52 Å². The molecule has 0 aliphatic heterocycles. The van der Waals surface area contributed by atoms with E-state index in [9.17, 15) is 0 Å². The summed E-state index contributed by atoms with van der Waals surface area (Å²) in [4.78, 5) is 8.86. The highest BCUT2D eigenvalue weighted by atomic mass is 14.8. The molecule has 4 rings (SSSR count). The predicted octanol–water partition coefficient (Wildman–Crippen LogP) is 4.24. The summed E-state index contributed by atoms with van der Waals surface area (Å²) in [5.74, 6) is 0. The smallest absolute Gasteiger partial charge is 0.116 e. The molecule has 0 saturated carbocycles. The van der Waals surface area contributed by atoms with E-state index in [-0.39, 0.29) is 0 Å². The first-order valence-corrected chi connectivity index (χ1v) is 6.37. The van der Waals surface area contributed by atoms with E-state index < -0.39 is 0 Å². The molecule has 0 atom stereocenters. The van der Waals surface area contributed by atoms with Crippen molar-refractivity contribution < 1.29 is 0 Å². The number of aromatic nitrogens is 2. The first-order valence-electron chi connectivity index (χ1n) is 6.37. The Kier molecular flexibility index (Phi) is 2.06. The second kappa shape index (κ2) is 3.75. The molecule has 0 bridgehead atoms. The van der Waals surface area contributed by atoms with E-state index in [1.807, 2.05) is 6.92 Å². The topological polar surface area (TPSA) is 25.8 Å². The molecule has 0 aliphatic rings. The summed E-state index contributed by atoms with van der Waals surface area (Å²) in [6.07, 6.45) is 1.65. The fourth-order valence-corrected chi connectivity index (χ4v) is 2.86. The quantitative estimate of drug-likeness (QED) is 0.432. The van der Waals surface area contributed by atoms with Crippen LogP contribution in [0.15, 0.2) is 54.9 Å². The van der Waals surface area contributed by atoms with E-state index in [0.717, 1.165) is 16.6 Å². The van der Waals surface area contributed by atoms with Crippen LogP contribution in [0, 0.1) is 6.92 Å². The number of nitrogens with zero attached hydrogens (tertiary/aromatic N) is 2. The van der Waals surface area contributed by atoms with Gasteiger partial charge >= 0.3 is 0 Å². The third-order valence-corrected chi connectivity index (χ3v) is 3.71. The molecule has 19 heavy (non-hydrogen) atoms. The molecule has 4 aromatic rings. The van der Waals surface area contributed by atoms with Crippen LogP contribution in [0.1, 0.15) is 5.69 Å². The van der Waals surface area contributed by atoms with Crippen LogP contribution in [0.2, 0.25) is 0 Å². The van der Waals surface area contributed by atoms with Crippen LogP contribution >= 0.6 is 0 Å². The van der Waals surface area contributed by atoms with Crippen LogP contribution < -0.4 is 0 Å². The standard InChI is InChI=1S/C17H12N2/c1-11-16-14-8-4-2-6-12(14)13-7-3-5-9-15(13)17(16)19-10-18-11/h2-10H,1H3. The summed E-state index contributed by atoms with van der Waals surface area (Å²) in [5.41, 5.74) is 2.08. The van der Waals surface area contributed by atoms with Gasteiger partial charge in [0.2, 0.25) is 0 Å². The molecule has 0 fully saturated rings. The van der Waals surface area contributed by atoms with E-state index in [2.05, 4.69) is 58.5 Å². The maximum atomic E-state index is 4.51. The van der Waals surface area contributed by atoms with Gasteiger partial charge in [-0.1, -0.05) is 48.5 Å². The lowest BCUT2D eigenvalue weighted by molar-refractivity contribution is 1.16. The Labute approximate surface area is 110 Å². The van der Waals surface area contributed by atoms with Crippen molar-refractivity contribution in [2.45, 2.75) is 6.92 Å². The molecule has 2 nitrogen and oxygen atoms in total. The molecule has 3 aromatic carbocycles. The lowest BCUT2D eigenvalue weighted by atomic mass is 9.97. The number of benzene rings is 3. The lowest BCUT2D eigenvalue weighted by Crippen LogP contribution is -1.90. The number of rotatable bonds is 0. The average molecular weight is 244 g/mol. The summed E-state index contributed by atoms with van der Waals surface area (Å²) >= 11 is 0. The first-order chi connectivity index (χ1) is 9.36. The third kappa shape index (κ3) is 1.37. The Morgan fingerprint density at radius 2 is 1.26 bits per heavy atom. The van der Waals surface area contributed by atoms with Crippen molar-refractivity contribution in [3.8, 4) is 0 Å². The van der Waals surface area contributed by atoms with Gasteiger partial charge in [0, 0.05) is 16.5 Å². The number of hydrogen-bond acceptors (Lipinski definition) is 2. The Morgan fingerprint density at radius 3 is 2.00 bits per heavy atom. The molecule has 0 amide bonds. The van der Waals surface area contributed by atoms with Crippen LogP contribution in [0.4, 0.5) is 0 Å².